The van der Waals surface area contributed by atoms with Crippen LogP contribution in [0.4, 0.5) is 16.5 Å². The molecule has 0 spiro atoms. The number of nitrogens with zero attached hydrogens (tertiary/aromatic N) is 3. The largest absolute Gasteiger partial charge is 0.399 e. The number of benzene rings is 2. The predicted molar refractivity (Wildman–Crippen MR) is 83.3 cm³/mol. The molecule has 0 unspecified atom stereocenters. The number of rotatable bonds is 2. The van der Waals surface area contributed by atoms with Crippen molar-refractivity contribution < 1.29 is 0 Å². The molecule has 0 saturated carbocycles. The highest BCUT2D eigenvalue weighted by atomic mass is 32.1. The van der Waals surface area contributed by atoms with Crippen LogP contribution in [0.15, 0.2) is 42.5 Å². The average molecular weight is 280 g/mol. The molecule has 2 aromatic carbocycles. The molecule has 0 fully saturated rings. The van der Waals surface area contributed by atoms with Crippen LogP contribution < -0.4 is 10.6 Å². The van der Waals surface area contributed by atoms with Crippen molar-refractivity contribution in [3.63, 3.8) is 0 Å². The van der Waals surface area contributed by atoms with Crippen LogP contribution in [0.1, 0.15) is 5.56 Å². The molecule has 0 aliphatic rings. The molecule has 1 heterocycles. The van der Waals surface area contributed by atoms with Crippen molar-refractivity contribution in [1.29, 1.82) is 5.26 Å². The lowest BCUT2D eigenvalue weighted by atomic mass is 10.2. The number of para-hydroxylation sites is 1. The molecule has 0 atom stereocenters. The second kappa shape index (κ2) is 4.83. The number of hydrogen-bond acceptors (Lipinski definition) is 5. The Morgan fingerprint density at radius 1 is 1.25 bits per heavy atom. The van der Waals surface area contributed by atoms with Gasteiger partial charge in [-0.15, -0.1) is 0 Å². The van der Waals surface area contributed by atoms with Gasteiger partial charge < -0.3 is 10.6 Å². The van der Waals surface area contributed by atoms with E-state index in [4.69, 9.17) is 5.73 Å². The molecule has 1 aromatic heterocycles. The van der Waals surface area contributed by atoms with Gasteiger partial charge in [0.2, 0.25) is 0 Å². The Hall–Kier alpha value is -2.58. The third kappa shape index (κ3) is 2.06. The average Bonchev–Trinajstić information content (AvgIpc) is 2.89. The van der Waals surface area contributed by atoms with Gasteiger partial charge in [0.1, 0.15) is 6.07 Å². The molecule has 4 nitrogen and oxygen atoms in total. The summed E-state index contributed by atoms with van der Waals surface area (Å²) < 4.78 is 1.04. The highest BCUT2D eigenvalue weighted by Crippen LogP contribution is 2.34. The maximum absolute atomic E-state index is 9.18. The quantitative estimate of drug-likeness (QED) is 0.729. The minimum Gasteiger partial charge on any atom is -0.399 e. The highest BCUT2D eigenvalue weighted by molar-refractivity contribution is 7.22. The van der Waals surface area contributed by atoms with E-state index in [9.17, 15) is 5.26 Å². The van der Waals surface area contributed by atoms with Gasteiger partial charge in [-0.2, -0.15) is 5.26 Å². The van der Waals surface area contributed by atoms with Gasteiger partial charge in [-0.1, -0.05) is 23.5 Å². The van der Waals surface area contributed by atoms with Crippen LogP contribution in [-0.4, -0.2) is 12.0 Å². The van der Waals surface area contributed by atoms with Gasteiger partial charge in [-0.05, 0) is 30.3 Å². The molecule has 98 valence electrons. The smallest absolute Gasteiger partial charge is 0.190 e. The number of thiazole rings is 1. The summed E-state index contributed by atoms with van der Waals surface area (Å²) in [6, 6.07) is 15.4. The molecule has 0 radical (unpaired) electrons. The Balaban J connectivity index is 2.08. The zero-order chi connectivity index (χ0) is 14.1. The third-order valence-electron chi connectivity index (χ3n) is 3.07. The summed E-state index contributed by atoms with van der Waals surface area (Å²) in [7, 11) is 1.91. The molecular weight excluding hydrogens is 268 g/mol. The van der Waals surface area contributed by atoms with Crippen LogP contribution >= 0.6 is 11.3 Å². The number of aromatic nitrogens is 1. The summed E-state index contributed by atoms with van der Waals surface area (Å²) >= 11 is 1.56. The van der Waals surface area contributed by atoms with E-state index >= 15 is 0 Å². The van der Waals surface area contributed by atoms with E-state index in [1.165, 1.54) is 0 Å². The van der Waals surface area contributed by atoms with Crippen LogP contribution in [0.2, 0.25) is 0 Å². The Kier molecular flexibility index (Phi) is 3.01. The van der Waals surface area contributed by atoms with Gasteiger partial charge in [0, 0.05) is 12.7 Å². The molecule has 5 heteroatoms. The second-order valence-electron chi connectivity index (χ2n) is 4.41. The van der Waals surface area contributed by atoms with Crippen LogP contribution in [0.25, 0.3) is 10.2 Å². The van der Waals surface area contributed by atoms with E-state index in [2.05, 4.69) is 11.1 Å². The van der Waals surface area contributed by atoms with Crippen molar-refractivity contribution in [2.75, 3.05) is 17.7 Å². The fraction of sp³-hybridized carbons (Fsp3) is 0.0667. The Morgan fingerprint density at radius 2 is 2.05 bits per heavy atom. The topological polar surface area (TPSA) is 65.9 Å². The molecule has 3 rings (SSSR count). The standard InChI is InChI=1S/C15H12N4S/c1-19(13-5-3-2-4-10(13)9-16)15-18-12-7-6-11(17)8-14(12)20-15/h2-8H,17H2,1H3. The Bertz CT molecular complexity index is 816. The molecule has 0 saturated heterocycles. The Labute approximate surface area is 120 Å². The minimum absolute atomic E-state index is 0.633. The lowest BCUT2D eigenvalue weighted by Crippen LogP contribution is -2.10. The highest BCUT2D eigenvalue weighted by Gasteiger charge is 2.13. The van der Waals surface area contributed by atoms with E-state index < -0.39 is 0 Å². The molecule has 0 aliphatic carbocycles. The van der Waals surface area contributed by atoms with Crippen molar-refractivity contribution in [3.8, 4) is 6.07 Å². The van der Waals surface area contributed by atoms with Gasteiger partial charge in [-0.25, -0.2) is 4.98 Å². The summed E-state index contributed by atoms with van der Waals surface area (Å²) in [5.74, 6) is 0. The van der Waals surface area contributed by atoms with E-state index in [0.29, 0.717) is 5.56 Å². The van der Waals surface area contributed by atoms with Gasteiger partial charge in [0.25, 0.3) is 0 Å². The molecular formula is C15H12N4S. The predicted octanol–water partition coefficient (Wildman–Crippen LogP) is 3.52. The van der Waals surface area contributed by atoms with Gasteiger partial charge in [0.15, 0.2) is 5.13 Å². The molecule has 3 aromatic rings. The number of fused-ring (bicyclic) bond motifs is 1. The van der Waals surface area contributed by atoms with Crippen LogP contribution in [-0.2, 0) is 0 Å². The number of hydrogen-bond donors (Lipinski definition) is 1. The number of anilines is 3. The van der Waals surface area contributed by atoms with Crippen LogP contribution in [0.3, 0.4) is 0 Å². The fourth-order valence-corrected chi connectivity index (χ4v) is 3.03. The summed E-state index contributed by atoms with van der Waals surface area (Å²) in [4.78, 5) is 6.51. The second-order valence-corrected chi connectivity index (χ2v) is 5.42. The monoisotopic (exact) mass is 280 g/mol. The van der Waals surface area contributed by atoms with Crippen LogP contribution in [0.5, 0.6) is 0 Å². The first-order chi connectivity index (χ1) is 9.69. The normalized spacial score (nSPS) is 10.4. The van der Waals surface area contributed by atoms with Crippen molar-refractivity contribution >= 4 is 38.1 Å². The van der Waals surface area contributed by atoms with Gasteiger partial charge in [0.05, 0.1) is 21.5 Å². The van der Waals surface area contributed by atoms with Crippen molar-refractivity contribution in [1.82, 2.24) is 4.98 Å². The molecule has 0 bridgehead atoms. The van der Waals surface area contributed by atoms with E-state index in [0.717, 1.165) is 26.7 Å². The number of nitrogen functional groups attached to an aromatic ring is 1. The lowest BCUT2D eigenvalue weighted by molar-refractivity contribution is 1.18. The van der Waals surface area contributed by atoms with E-state index in [1.54, 1.807) is 17.4 Å². The first-order valence-electron chi connectivity index (χ1n) is 6.08. The first-order valence-corrected chi connectivity index (χ1v) is 6.89. The van der Waals surface area contributed by atoms with Crippen LogP contribution in [0, 0.1) is 11.3 Å². The van der Waals surface area contributed by atoms with E-state index in [-0.39, 0.29) is 0 Å². The maximum atomic E-state index is 9.18. The van der Waals surface area contributed by atoms with Crippen molar-refractivity contribution in [3.05, 3.63) is 48.0 Å². The van der Waals surface area contributed by atoms with Crippen molar-refractivity contribution in [2.45, 2.75) is 0 Å². The summed E-state index contributed by atoms with van der Waals surface area (Å²) in [5.41, 5.74) is 8.92. The van der Waals surface area contributed by atoms with E-state index in [1.807, 2.05) is 48.3 Å². The summed E-state index contributed by atoms with van der Waals surface area (Å²) in [6.45, 7) is 0. The maximum Gasteiger partial charge on any atom is 0.190 e. The fourth-order valence-electron chi connectivity index (χ4n) is 2.04. The van der Waals surface area contributed by atoms with Crippen molar-refractivity contribution in [2.24, 2.45) is 0 Å². The zero-order valence-electron chi connectivity index (χ0n) is 10.9. The SMILES string of the molecule is CN(c1nc2ccc(N)cc2s1)c1ccccc1C#N. The molecule has 20 heavy (non-hydrogen) atoms. The number of nitriles is 1. The number of nitrogens with two attached hydrogens (primary N) is 1. The molecule has 0 aliphatic heterocycles. The first kappa shape index (κ1) is 12.5. The zero-order valence-corrected chi connectivity index (χ0v) is 11.7. The minimum atomic E-state index is 0.633. The summed E-state index contributed by atoms with van der Waals surface area (Å²) in [6.07, 6.45) is 0. The van der Waals surface area contributed by atoms with Gasteiger partial charge >= 0.3 is 0 Å². The third-order valence-corrected chi connectivity index (χ3v) is 4.17. The lowest BCUT2D eigenvalue weighted by Gasteiger charge is -2.16. The van der Waals surface area contributed by atoms with Gasteiger partial charge in [-0.3, -0.25) is 0 Å². The molecule has 2 N–H and O–H groups in total. The Morgan fingerprint density at radius 3 is 2.85 bits per heavy atom. The molecule has 0 amide bonds. The summed E-state index contributed by atoms with van der Waals surface area (Å²) in [5, 5.41) is 10.0.